The van der Waals surface area contributed by atoms with E-state index in [0.29, 0.717) is 18.6 Å². The number of aliphatic hydroxyl groups excluding tert-OH is 1. The van der Waals surface area contributed by atoms with Gasteiger partial charge in [0.05, 0.1) is 17.3 Å². The second-order valence-electron chi connectivity index (χ2n) is 4.87. The highest BCUT2D eigenvalue weighted by Crippen LogP contribution is 2.36. The summed E-state index contributed by atoms with van der Waals surface area (Å²) in [6, 6.07) is 7.05. The van der Waals surface area contributed by atoms with Crippen molar-refractivity contribution in [2.45, 2.75) is 31.8 Å². The Hall–Kier alpha value is -0.770. The first-order chi connectivity index (χ1) is 8.67. The Bertz CT molecular complexity index is 407. The standard InChI is InChI=1S/C14H21ClN2O/c1-10(16-2)11-3-6-14(13(15)9-11)17(7-8-18)12-4-5-12/h3,6,9-10,12,16,18H,4-5,7-8H2,1-2H3. The molecular formula is C14H21ClN2O. The van der Waals surface area contributed by atoms with Crippen molar-refractivity contribution in [3.05, 3.63) is 28.8 Å². The number of aliphatic hydroxyl groups is 1. The van der Waals surface area contributed by atoms with Crippen LogP contribution in [0.5, 0.6) is 0 Å². The van der Waals surface area contributed by atoms with Crippen LogP contribution in [0.15, 0.2) is 18.2 Å². The van der Waals surface area contributed by atoms with Crippen LogP contribution in [-0.2, 0) is 0 Å². The summed E-state index contributed by atoms with van der Waals surface area (Å²) in [6.07, 6.45) is 2.40. The smallest absolute Gasteiger partial charge is 0.0643 e. The third-order valence-electron chi connectivity index (χ3n) is 3.54. The average molecular weight is 269 g/mol. The molecule has 18 heavy (non-hydrogen) atoms. The number of nitrogens with zero attached hydrogens (tertiary/aromatic N) is 1. The number of hydrogen-bond donors (Lipinski definition) is 2. The maximum absolute atomic E-state index is 9.15. The van der Waals surface area contributed by atoms with E-state index in [9.17, 15) is 0 Å². The van der Waals surface area contributed by atoms with Gasteiger partial charge in [-0.15, -0.1) is 0 Å². The van der Waals surface area contributed by atoms with E-state index in [4.69, 9.17) is 16.7 Å². The average Bonchev–Trinajstić information content (AvgIpc) is 3.19. The lowest BCUT2D eigenvalue weighted by atomic mass is 10.1. The Morgan fingerprint density at radius 1 is 1.50 bits per heavy atom. The topological polar surface area (TPSA) is 35.5 Å². The monoisotopic (exact) mass is 268 g/mol. The summed E-state index contributed by atoms with van der Waals surface area (Å²) in [5.74, 6) is 0. The van der Waals surface area contributed by atoms with Crippen LogP contribution >= 0.6 is 11.6 Å². The molecule has 0 bridgehead atoms. The molecule has 0 heterocycles. The molecule has 0 spiro atoms. The van der Waals surface area contributed by atoms with Crippen LogP contribution in [0.2, 0.25) is 5.02 Å². The van der Waals surface area contributed by atoms with Crippen LogP contribution in [0.4, 0.5) is 5.69 Å². The number of benzene rings is 1. The molecule has 1 aromatic rings. The molecule has 0 radical (unpaired) electrons. The predicted molar refractivity (Wildman–Crippen MR) is 76.4 cm³/mol. The minimum Gasteiger partial charge on any atom is -0.395 e. The Balaban J connectivity index is 2.22. The molecule has 1 atom stereocenters. The van der Waals surface area contributed by atoms with Crippen LogP contribution in [0, 0.1) is 0 Å². The van der Waals surface area contributed by atoms with Crippen molar-refractivity contribution in [1.29, 1.82) is 0 Å². The summed E-state index contributed by atoms with van der Waals surface area (Å²) >= 11 is 6.38. The fourth-order valence-electron chi connectivity index (χ4n) is 2.19. The van der Waals surface area contributed by atoms with Gasteiger partial charge in [-0.3, -0.25) is 0 Å². The second kappa shape index (κ2) is 5.91. The third-order valence-corrected chi connectivity index (χ3v) is 3.85. The van der Waals surface area contributed by atoms with Gasteiger partial charge in [0.1, 0.15) is 0 Å². The first-order valence-electron chi connectivity index (χ1n) is 6.51. The molecule has 1 saturated carbocycles. The molecular weight excluding hydrogens is 248 g/mol. The van der Waals surface area contributed by atoms with Crippen molar-refractivity contribution in [2.75, 3.05) is 25.1 Å². The van der Waals surface area contributed by atoms with E-state index in [2.05, 4.69) is 29.3 Å². The number of hydrogen-bond acceptors (Lipinski definition) is 3. The molecule has 100 valence electrons. The highest BCUT2D eigenvalue weighted by molar-refractivity contribution is 6.33. The van der Waals surface area contributed by atoms with Crippen molar-refractivity contribution >= 4 is 17.3 Å². The molecule has 2 rings (SSSR count). The van der Waals surface area contributed by atoms with Gasteiger partial charge in [-0.05, 0) is 44.5 Å². The molecule has 1 fully saturated rings. The molecule has 3 nitrogen and oxygen atoms in total. The first kappa shape index (κ1) is 13.7. The molecule has 4 heteroatoms. The largest absolute Gasteiger partial charge is 0.395 e. The number of halogens is 1. The molecule has 1 aliphatic carbocycles. The van der Waals surface area contributed by atoms with E-state index < -0.39 is 0 Å². The molecule has 1 aromatic carbocycles. The van der Waals surface area contributed by atoms with Gasteiger partial charge in [-0.1, -0.05) is 17.7 Å². The van der Waals surface area contributed by atoms with Crippen LogP contribution in [-0.4, -0.2) is 31.3 Å². The number of rotatable bonds is 6. The van der Waals surface area contributed by atoms with Crippen LogP contribution in [0.1, 0.15) is 31.4 Å². The van der Waals surface area contributed by atoms with Gasteiger partial charge in [0.15, 0.2) is 0 Å². The second-order valence-corrected chi connectivity index (χ2v) is 5.28. The predicted octanol–water partition coefficient (Wildman–Crippen LogP) is 2.58. The van der Waals surface area contributed by atoms with Gasteiger partial charge in [0.2, 0.25) is 0 Å². The minimum absolute atomic E-state index is 0.168. The van der Waals surface area contributed by atoms with E-state index in [0.717, 1.165) is 10.7 Å². The lowest BCUT2D eigenvalue weighted by Crippen LogP contribution is -2.29. The van der Waals surface area contributed by atoms with Gasteiger partial charge < -0.3 is 15.3 Å². The summed E-state index contributed by atoms with van der Waals surface area (Å²) in [4.78, 5) is 2.22. The molecule has 0 aromatic heterocycles. The molecule has 2 N–H and O–H groups in total. The first-order valence-corrected chi connectivity index (χ1v) is 6.89. The lowest BCUT2D eigenvalue weighted by molar-refractivity contribution is 0.301. The van der Waals surface area contributed by atoms with Crippen molar-refractivity contribution in [1.82, 2.24) is 5.32 Å². The zero-order chi connectivity index (χ0) is 13.1. The summed E-state index contributed by atoms with van der Waals surface area (Å²) in [5, 5.41) is 13.1. The quantitative estimate of drug-likeness (QED) is 0.832. The fourth-order valence-corrected chi connectivity index (χ4v) is 2.48. The summed E-state index contributed by atoms with van der Waals surface area (Å²) in [7, 11) is 1.94. The van der Waals surface area contributed by atoms with E-state index in [-0.39, 0.29) is 6.61 Å². The highest BCUT2D eigenvalue weighted by atomic mass is 35.5. The molecule has 0 amide bonds. The number of nitrogens with one attached hydrogen (secondary N) is 1. The van der Waals surface area contributed by atoms with Crippen LogP contribution in [0.3, 0.4) is 0 Å². The van der Waals surface area contributed by atoms with Crippen molar-refractivity contribution in [3.63, 3.8) is 0 Å². The van der Waals surface area contributed by atoms with Crippen molar-refractivity contribution < 1.29 is 5.11 Å². The van der Waals surface area contributed by atoms with E-state index in [1.807, 2.05) is 13.1 Å². The summed E-state index contributed by atoms with van der Waals surface area (Å²) in [6.45, 7) is 2.94. The SMILES string of the molecule is CNC(C)c1ccc(N(CCO)C2CC2)c(Cl)c1. The minimum atomic E-state index is 0.168. The fraction of sp³-hybridized carbons (Fsp3) is 0.571. The van der Waals surface area contributed by atoms with Crippen LogP contribution in [0.25, 0.3) is 0 Å². The van der Waals surface area contributed by atoms with E-state index >= 15 is 0 Å². The molecule has 0 saturated heterocycles. The Morgan fingerprint density at radius 2 is 2.22 bits per heavy atom. The van der Waals surface area contributed by atoms with Crippen molar-refractivity contribution in [2.24, 2.45) is 0 Å². The zero-order valence-electron chi connectivity index (χ0n) is 11.0. The van der Waals surface area contributed by atoms with E-state index in [1.54, 1.807) is 0 Å². The third kappa shape index (κ3) is 2.97. The van der Waals surface area contributed by atoms with Crippen LogP contribution < -0.4 is 10.2 Å². The normalized spacial score (nSPS) is 16.7. The van der Waals surface area contributed by atoms with Gasteiger partial charge in [0.25, 0.3) is 0 Å². The number of anilines is 1. The molecule has 1 unspecified atom stereocenters. The highest BCUT2D eigenvalue weighted by Gasteiger charge is 2.30. The summed E-state index contributed by atoms with van der Waals surface area (Å²) in [5.41, 5.74) is 2.23. The van der Waals surface area contributed by atoms with Gasteiger partial charge >= 0.3 is 0 Å². The lowest BCUT2D eigenvalue weighted by Gasteiger charge is -2.25. The van der Waals surface area contributed by atoms with Gasteiger partial charge in [0, 0.05) is 18.6 Å². The summed E-state index contributed by atoms with van der Waals surface area (Å²) < 4.78 is 0. The molecule has 1 aliphatic rings. The maximum Gasteiger partial charge on any atom is 0.0643 e. The van der Waals surface area contributed by atoms with Gasteiger partial charge in [-0.25, -0.2) is 0 Å². The Kier molecular flexibility index (Phi) is 4.49. The van der Waals surface area contributed by atoms with Crippen molar-refractivity contribution in [3.8, 4) is 0 Å². The Morgan fingerprint density at radius 3 is 2.72 bits per heavy atom. The van der Waals surface area contributed by atoms with E-state index in [1.165, 1.54) is 18.4 Å². The Labute approximate surface area is 114 Å². The molecule has 0 aliphatic heterocycles. The van der Waals surface area contributed by atoms with Gasteiger partial charge in [-0.2, -0.15) is 0 Å². The maximum atomic E-state index is 9.15. The zero-order valence-corrected chi connectivity index (χ0v) is 11.7.